The van der Waals surface area contributed by atoms with Crippen LogP contribution in [0.3, 0.4) is 0 Å². The van der Waals surface area contributed by atoms with Crippen molar-refractivity contribution < 1.29 is 0 Å². The second-order valence-corrected chi connectivity index (χ2v) is 2.40. The molecule has 1 rings (SSSR count). The highest BCUT2D eigenvalue weighted by molar-refractivity contribution is 5.29. The van der Waals surface area contributed by atoms with Gasteiger partial charge in [0.1, 0.15) is 0 Å². The van der Waals surface area contributed by atoms with Crippen LogP contribution in [-0.2, 0) is 0 Å². The Hall–Kier alpha value is -1.02. The first-order valence-corrected chi connectivity index (χ1v) is 3.92. The minimum atomic E-state index is 0.600. The van der Waals surface area contributed by atoms with Gasteiger partial charge in [0.25, 0.3) is 0 Å². The number of aromatic amines is 1. The van der Waals surface area contributed by atoms with Gasteiger partial charge in [0.2, 0.25) is 0 Å². The third kappa shape index (κ3) is 1.95. The molecule has 0 aliphatic rings. The van der Waals surface area contributed by atoms with E-state index in [1.165, 1.54) is 10.6 Å². The second-order valence-electron chi connectivity index (χ2n) is 2.40. The molecule has 0 aliphatic heterocycles. The first-order chi connectivity index (χ1) is 5.38. The maximum Gasteiger partial charge on any atom is 0.0410 e. The van der Waals surface area contributed by atoms with E-state index in [-0.39, 0.29) is 0 Å². The maximum absolute atomic E-state index is 5.40. The molecule has 3 N–H and O–H groups in total. The second kappa shape index (κ2) is 3.98. The van der Waals surface area contributed by atoms with E-state index in [9.17, 15) is 0 Å². The van der Waals surface area contributed by atoms with Crippen LogP contribution < -0.4 is 16.3 Å². The molecule has 0 amide bonds. The fourth-order valence-corrected chi connectivity index (χ4v) is 1.08. The molecule has 0 aromatic carbocycles. The summed E-state index contributed by atoms with van der Waals surface area (Å²) in [5.74, 6) is 0. The Labute approximate surface area is 66.4 Å². The zero-order valence-electron chi connectivity index (χ0n) is 6.80. The van der Waals surface area contributed by atoms with E-state index in [1.54, 1.807) is 0 Å². The topological polar surface area (TPSA) is 41.8 Å². The number of nitrogens with two attached hydrogens (primary N) is 1. The van der Waals surface area contributed by atoms with Gasteiger partial charge in [0.15, 0.2) is 0 Å². The van der Waals surface area contributed by atoms with Gasteiger partial charge >= 0.3 is 0 Å². The lowest BCUT2D eigenvalue weighted by Crippen LogP contribution is -2.23. The average molecular weight is 150 g/mol. The minimum Gasteiger partial charge on any atom is -0.361 e. The Bertz CT molecular complexity index is 278. The first-order valence-electron chi connectivity index (χ1n) is 3.92. The average Bonchev–Trinajstić information content (AvgIpc) is 2.39. The largest absolute Gasteiger partial charge is 0.361 e. The van der Waals surface area contributed by atoms with Crippen molar-refractivity contribution >= 4 is 12.2 Å². The van der Waals surface area contributed by atoms with Gasteiger partial charge < -0.3 is 10.7 Å². The van der Waals surface area contributed by atoms with Crippen LogP contribution >= 0.6 is 0 Å². The molecule has 11 heavy (non-hydrogen) atoms. The van der Waals surface area contributed by atoms with Crippen LogP contribution in [0.2, 0.25) is 0 Å². The zero-order chi connectivity index (χ0) is 8.10. The molecule has 0 saturated carbocycles. The lowest BCUT2D eigenvalue weighted by Gasteiger charge is -1.80. The molecular weight excluding hydrogens is 136 g/mol. The Morgan fingerprint density at radius 3 is 3.00 bits per heavy atom. The van der Waals surface area contributed by atoms with Crippen LogP contribution in [0.5, 0.6) is 0 Å². The third-order valence-electron chi connectivity index (χ3n) is 1.56. The summed E-state index contributed by atoms with van der Waals surface area (Å²) in [5.41, 5.74) is 5.40. The van der Waals surface area contributed by atoms with Gasteiger partial charge in [-0.15, -0.1) is 0 Å². The highest BCUT2D eigenvalue weighted by Crippen LogP contribution is 1.72. The van der Waals surface area contributed by atoms with Crippen molar-refractivity contribution in [2.75, 3.05) is 6.54 Å². The quantitative estimate of drug-likeness (QED) is 0.609. The van der Waals surface area contributed by atoms with Crippen LogP contribution in [0.1, 0.15) is 13.3 Å². The van der Waals surface area contributed by atoms with Gasteiger partial charge in [-0.25, -0.2) is 0 Å². The number of rotatable bonds is 2. The van der Waals surface area contributed by atoms with Crippen LogP contribution in [0.15, 0.2) is 12.3 Å². The molecule has 2 heteroatoms. The Kier molecular flexibility index (Phi) is 2.93. The minimum absolute atomic E-state index is 0.600. The summed E-state index contributed by atoms with van der Waals surface area (Å²) in [6.45, 7) is 2.72. The number of H-pyrrole nitrogens is 1. The first kappa shape index (κ1) is 8.08. The summed E-state index contributed by atoms with van der Waals surface area (Å²) >= 11 is 0. The molecule has 0 spiro atoms. The SMILES string of the molecule is CC/C=c1/[nH]cc/c1=C/CN. The molecule has 0 bridgehead atoms. The number of hydrogen-bond acceptors (Lipinski definition) is 1. The van der Waals surface area contributed by atoms with Gasteiger partial charge in [0.05, 0.1) is 0 Å². The standard InChI is InChI=1S/C9H14N2/c1-2-3-9-8(4-6-10)5-7-11-9/h3-5,7,11H,2,6,10H2,1H3/b8-4-,9-3+. The van der Waals surface area contributed by atoms with E-state index in [0.717, 1.165) is 6.42 Å². The van der Waals surface area contributed by atoms with Crippen LogP contribution in [-0.4, -0.2) is 11.5 Å². The van der Waals surface area contributed by atoms with Gasteiger partial charge in [0, 0.05) is 18.1 Å². The smallest absolute Gasteiger partial charge is 0.0410 e. The lowest BCUT2D eigenvalue weighted by molar-refractivity contribution is 1.23. The van der Waals surface area contributed by atoms with Crippen molar-refractivity contribution in [3.63, 3.8) is 0 Å². The summed E-state index contributed by atoms with van der Waals surface area (Å²) < 4.78 is 0. The van der Waals surface area contributed by atoms with Crippen molar-refractivity contribution in [3.05, 3.63) is 22.8 Å². The molecule has 0 saturated heterocycles. The van der Waals surface area contributed by atoms with Crippen molar-refractivity contribution in [1.82, 2.24) is 4.98 Å². The molecule has 1 heterocycles. The van der Waals surface area contributed by atoms with E-state index >= 15 is 0 Å². The van der Waals surface area contributed by atoms with E-state index in [1.807, 2.05) is 18.3 Å². The highest BCUT2D eigenvalue weighted by atomic mass is 14.6. The number of aromatic nitrogens is 1. The van der Waals surface area contributed by atoms with Crippen LogP contribution in [0.25, 0.3) is 12.2 Å². The van der Waals surface area contributed by atoms with Gasteiger partial charge in [-0.3, -0.25) is 0 Å². The van der Waals surface area contributed by atoms with Crippen molar-refractivity contribution in [3.8, 4) is 0 Å². The van der Waals surface area contributed by atoms with Crippen LogP contribution in [0.4, 0.5) is 0 Å². The Morgan fingerprint density at radius 2 is 2.36 bits per heavy atom. The van der Waals surface area contributed by atoms with Gasteiger partial charge in [-0.05, 0) is 17.7 Å². The van der Waals surface area contributed by atoms with E-state index in [2.05, 4.69) is 18.0 Å². The molecule has 0 atom stereocenters. The molecule has 60 valence electrons. The molecule has 0 fully saturated rings. The Balaban J connectivity index is 3.16. The fourth-order valence-electron chi connectivity index (χ4n) is 1.08. The van der Waals surface area contributed by atoms with E-state index in [0.29, 0.717) is 6.54 Å². The molecule has 0 unspecified atom stereocenters. The van der Waals surface area contributed by atoms with Gasteiger partial charge in [-0.2, -0.15) is 0 Å². The molecule has 1 aromatic rings. The molecule has 0 aliphatic carbocycles. The highest BCUT2D eigenvalue weighted by Gasteiger charge is 1.82. The summed E-state index contributed by atoms with van der Waals surface area (Å²) in [6.07, 6.45) is 7.15. The number of nitrogens with one attached hydrogen (secondary N) is 1. The maximum atomic E-state index is 5.40. The summed E-state index contributed by atoms with van der Waals surface area (Å²) in [4.78, 5) is 3.15. The number of hydrogen-bond donors (Lipinski definition) is 2. The molecule has 2 nitrogen and oxygen atoms in total. The van der Waals surface area contributed by atoms with Crippen molar-refractivity contribution in [2.45, 2.75) is 13.3 Å². The third-order valence-corrected chi connectivity index (χ3v) is 1.56. The summed E-state index contributed by atoms with van der Waals surface area (Å²) in [7, 11) is 0. The van der Waals surface area contributed by atoms with Gasteiger partial charge in [-0.1, -0.05) is 19.1 Å². The van der Waals surface area contributed by atoms with E-state index < -0.39 is 0 Å². The zero-order valence-corrected chi connectivity index (χ0v) is 6.80. The monoisotopic (exact) mass is 150 g/mol. The summed E-state index contributed by atoms with van der Waals surface area (Å²) in [5, 5.41) is 2.38. The summed E-state index contributed by atoms with van der Waals surface area (Å²) in [6, 6.07) is 2.04. The van der Waals surface area contributed by atoms with Crippen LogP contribution in [0, 0.1) is 0 Å². The van der Waals surface area contributed by atoms with Crippen molar-refractivity contribution in [1.29, 1.82) is 0 Å². The van der Waals surface area contributed by atoms with E-state index in [4.69, 9.17) is 5.73 Å². The predicted molar refractivity (Wildman–Crippen MR) is 48.3 cm³/mol. The molecule has 0 radical (unpaired) electrons. The molecular formula is C9H14N2. The molecule has 1 aromatic heterocycles. The fraction of sp³-hybridized carbons (Fsp3) is 0.333. The lowest BCUT2D eigenvalue weighted by atomic mass is 10.3. The predicted octanol–water partition coefficient (Wildman–Crippen LogP) is -0.0556. The van der Waals surface area contributed by atoms with Crippen molar-refractivity contribution in [2.24, 2.45) is 5.73 Å². The normalized spacial score (nSPS) is 14.4. The Morgan fingerprint density at radius 1 is 1.55 bits per heavy atom.